The summed E-state index contributed by atoms with van der Waals surface area (Å²) in [7, 11) is 0. The Hall–Kier alpha value is -6.64. The molecule has 53 heavy (non-hydrogen) atoms. The molecule has 1 aliphatic carbocycles. The van der Waals surface area contributed by atoms with E-state index in [2.05, 4.69) is 204 Å². The van der Waals surface area contributed by atoms with Crippen LogP contribution in [0.1, 0.15) is 35.6 Å². The first-order valence-corrected chi connectivity index (χ1v) is 18.6. The van der Waals surface area contributed by atoms with Crippen LogP contribution in [0, 0.1) is 0 Å². The van der Waals surface area contributed by atoms with Crippen LogP contribution in [0.4, 0.5) is 0 Å². The molecule has 0 saturated heterocycles. The van der Waals surface area contributed by atoms with Crippen LogP contribution in [0.2, 0.25) is 0 Å². The normalized spacial score (nSPS) is 15.6. The Bertz CT molecular complexity index is 3080. The lowest BCUT2D eigenvalue weighted by atomic mass is 9.78. The Morgan fingerprint density at radius 3 is 1.92 bits per heavy atom. The number of hydrogen-bond acceptors (Lipinski definition) is 0. The van der Waals surface area contributed by atoms with Crippen molar-refractivity contribution in [1.29, 1.82) is 0 Å². The number of allylic oxidation sites excluding steroid dienone is 1. The molecule has 2 nitrogen and oxygen atoms in total. The van der Waals surface area contributed by atoms with Crippen molar-refractivity contribution in [3.05, 3.63) is 199 Å². The minimum absolute atomic E-state index is 0.237. The Morgan fingerprint density at radius 1 is 0.434 bits per heavy atom. The molecule has 1 aliphatic rings. The van der Waals surface area contributed by atoms with E-state index < -0.39 is 0 Å². The zero-order valence-corrected chi connectivity index (χ0v) is 29.4. The van der Waals surface area contributed by atoms with Crippen molar-refractivity contribution in [3.63, 3.8) is 0 Å². The first-order valence-electron chi connectivity index (χ1n) is 18.6. The van der Waals surface area contributed by atoms with Gasteiger partial charge in [0.1, 0.15) is 0 Å². The summed E-state index contributed by atoms with van der Waals surface area (Å²) in [5.41, 5.74) is 12.6. The van der Waals surface area contributed by atoms with E-state index in [4.69, 9.17) is 0 Å². The van der Waals surface area contributed by atoms with Gasteiger partial charge in [0.2, 0.25) is 0 Å². The molecule has 11 rings (SSSR count). The van der Waals surface area contributed by atoms with Crippen LogP contribution in [-0.4, -0.2) is 9.13 Å². The van der Waals surface area contributed by atoms with Gasteiger partial charge in [-0.25, -0.2) is 0 Å². The van der Waals surface area contributed by atoms with Gasteiger partial charge in [-0.15, -0.1) is 0 Å². The van der Waals surface area contributed by atoms with Crippen LogP contribution >= 0.6 is 0 Å². The lowest BCUT2D eigenvalue weighted by molar-refractivity contribution is 0.672. The SMILES string of the molecule is CC1c2c(n(-c3cc(-c4ccccc4)cc4ccccc34)c3ccccc23)C=CC1c1ccc2c(c1)c1ccccc1n2-c1ccc2ccccc2c1. The van der Waals surface area contributed by atoms with E-state index in [1.54, 1.807) is 0 Å². The van der Waals surface area contributed by atoms with Gasteiger partial charge in [-0.05, 0) is 98.9 Å². The maximum atomic E-state index is 2.52. The van der Waals surface area contributed by atoms with Gasteiger partial charge in [-0.2, -0.15) is 0 Å². The fourth-order valence-electron chi connectivity index (χ4n) is 9.19. The molecule has 8 aromatic carbocycles. The molecule has 2 heterocycles. The second-order valence-corrected chi connectivity index (χ2v) is 14.6. The molecule has 250 valence electrons. The van der Waals surface area contributed by atoms with Crippen LogP contribution in [0.3, 0.4) is 0 Å². The highest BCUT2D eigenvalue weighted by molar-refractivity contribution is 6.10. The van der Waals surface area contributed by atoms with Crippen molar-refractivity contribution in [2.24, 2.45) is 0 Å². The average Bonchev–Trinajstić information content (AvgIpc) is 3.74. The second-order valence-electron chi connectivity index (χ2n) is 14.6. The number of nitrogens with zero attached hydrogens (tertiary/aromatic N) is 2. The first kappa shape index (κ1) is 30.0. The highest BCUT2D eigenvalue weighted by Gasteiger charge is 2.30. The predicted octanol–water partition coefficient (Wildman–Crippen LogP) is 13.6. The fraction of sp³-hybridized carbons (Fsp3) is 0.0588. The van der Waals surface area contributed by atoms with Crippen LogP contribution in [0.25, 0.3) is 82.8 Å². The number of fused-ring (bicyclic) bond motifs is 8. The Morgan fingerprint density at radius 2 is 1.09 bits per heavy atom. The maximum absolute atomic E-state index is 2.52. The summed E-state index contributed by atoms with van der Waals surface area (Å²) in [6.45, 7) is 2.42. The average molecular weight is 677 g/mol. The molecule has 0 aliphatic heterocycles. The number of aromatic nitrogens is 2. The third-order valence-corrected chi connectivity index (χ3v) is 11.7. The molecule has 0 spiro atoms. The van der Waals surface area contributed by atoms with Crippen LogP contribution < -0.4 is 0 Å². The van der Waals surface area contributed by atoms with E-state index in [0.29, 0.717) is 0 Å². The molecular weight excluding hydrogens is 641 g/mol. The number of hydrogen-bond donors (Lipinski definition) is 0. The predicted molar refractivity (Wildman–Crippen MR) is 225 cm³/mol. The molecule has 0 fully saturated rings. The first-order chi connectivity index (χ1) is 26.2. The summed E-state index contributed by atoms with van der Waals surface area (Å²) < 4.78 is 4.95. The summed E-state index contributed by atoms with van der Waals surface area (Å²) >= 11 is 0. The monoisotopic (exact) mass is 676 g/mol. The van der Waals surface area contributed by atoms with Crippen LogP contribution in [0.15, 0.2) is 182 Å². The lowest BCUT2D eigenvalue weighted by Crippen LogP contribution is -2.12. The molecule has 0 N–H and O–H groups in total. The molecule has 0 bridgehead atoms. The van der Waals surface area contributed by atoms with Gasteiger partial charge in [-0.1, -0.05) is 140 Å². The fourth-order valence-corrected chi connectivity index (χ4v) is 9.19. The minimum atomic E-state index is 0.237. The van der Waals surface area contributed by atoms with Crippen LogP contribution in [0.5, 0.6) is 0 Å². The van der Waals surface area contributed by atoms with Crippen molar-refractivity contribution in [2.75, 3.05) is 0 Å². The smallest absolute Gasteiger partial charge is 0.0546 e. The van der Waals surface area contributed by atoms with Gasteiger partial charge in [-0.3, -0.25) is 0 Å². The van der Waals surface area contributed by atoms with Gasteiger partial charge < -0.3 is 9.13 Å². The van der Waals surface area contributed by atoms with Gasteiger partial charge in [0.05, 0.1) is 27.9 Å². The van der Waals surface area contributed by atoms with E-state index >= 15 is 0 Å². The third kappa shape index (κ3) is 4.59. The zero-order valence-electron chi connectivity index (χ0n) is 29.4. The van der Waals surface area contributed by atoms with Crippen molar-refractivity contribution in [1.82, 2.24) is 9.13 Å². The largest absolute Gasteiger partial charge is 0.309 e. The van der Waals surface area contributed by atoms with Crippen molar-refractivity contribution < 1.29 is 0 Å². The van der Waals surface area contributed by atoms with E-state index in [1.807, 2.05) is 0 Å². The van der Waals surface area contributed by atoms with E-state index in [-0.39, 0.29) is 11.8 Å². The molecular formula is C51H36N2. The van der Waals surface area contributed by atoms with Gasteiger partial charge >= 0.3 is 0 Å². The van der Waals surface area contributed by atoms with Crippen molar-refractivity contribution in [3.8, 4) is 22.5 Å². The molecule has 2 atom stereocenters. The Balaban J connectivity index is 1.08. The highest BCUT2D eigenvalue weighted by atomic mass is 15.0. The molecule has 0 saturated carbocycles. The Kier molecular flexibility index (Phi) is 6.63. The zero-order chi connectivity index (χ0) is 35.0. The maximum Gasteiger partial charge on any atom is 0.0546 e. The quantitative estimate of drug-likeness (QED) is 0.176. The molecule has 0 amide bonds. The lowest BCUT2D eigenvalue weighted by Gasteiger charge is -2.27. The molecule has 0 radical (unpaired) electrons. The van der Waals surface area contributed by atoms with Gasteiger partial charge in [0, 0.05) is 33.2 Å². The number of para-hydroxylation sites is 2. The molecule has 2 unspecified atom stereocenters. The summed E-state index contributed by atoms with van der Waals surface area (Å²) in [4.78, 5) is 0. The molecule has 2 aromatic heterocycles. The molecule has 2 heteroatoms. The standard InChI is InChI=1S/C51H36N2/c1-33-41(38-24-27-48-45(31-38)43-19-9-11-21-46(43)52(48)40-25-23-35-15-5-6-16-36(35)30-40)26-28-49-51(33)44-20-10-12-22-47(44)53(49)50-32-39(34-13-3-2-4-14-34)29-37-17-7-8-18-42(37)50/h2-33,41H,1H3. The topological polar surface area (TPSA) is 9.86 Å². The highest BCUT2D eigenvalue weighted by Crippen LogP contribution is 2.47. The summed E-state index contributed by atoms with van der Waals surface area (Å²) in [6, 6.07) is 64.7. The second kappa shape index (κ2) is 11.7. The number of benzene rings is 8. The van der Waals surface area contributed by atoms with Gasteiger partial charge in [0.25, 0.3) is 0 Å². The van der Waals surface area contributed by atoms with E-state index in [1.165, 1.54) is 93.6 Å². The summed E-state index contributed by atoms with van der Waals surface area (Å²) in [5, 5.41) is 8.92. The summed E-state index contributed by atoms with van der Waals surface area (Å²) in [5.74, 6) is 0.511. The van der Waals surface area contributed by atoms with Crippen molar-refractivity contribution in [2.45, 2.75) is 18.8 Å². The molecule has 10 aromatic rings. The van der Waals surface area contributed by atoms with Gasteiger partial charge in [0.15, 0.2) is 0 Å². The summed E-state index contributed by atoms with van der Waals surface area (Å²) in [6.07, 6.45) is 4.85. The Labute approximate surface area is 308 Å². The van der Waals surface area contributed by atoms with Crippen LogP contribution in [-0.2, 0) is 0 Å². The minimum Gasteiger partial charge on any atom is -0.309 e. The van der Waals surface area contributed by atoms with Crippen molar-refractivity contribution >= 4 is 60.3 Å². The number of rotatable bonds is 4. The van der Waals surface area contributed by atoms with E-state index in [0.717, 1.165) is 0 Å². The van der Waals surface area contributed by atoms with E-state index in [9.17, 15) is 0 Å². The third-order valence-electron chi connectivity index (χ3n) is 11.7.